The fourth-order valence-electron chi connectivity index (χ4n) is 2.72. The molecular formula is C15H17NO5. The van der Waals surface area contributed by atoms with Crippen molar-refractivity contribution in [3.05, 3.63) is 23.8 Å². The molecule has 2 rings (SSSR count). The molecule has 112 valence electrons. The lowest BCUT2D eigenvalue weighted by Gasteiger charge is -2.08. The Morgan fingerprint density at radius 3 is 2.24 bits per heavy atom. The van der Waals surface area contributed by atoms with Crippen LogP contribution in [0, 0.1) is 17.3 Å². The molecule has 0 aromatic heterocycles. The normalized spacial score (nSPS) is 22.4. The van der Waals surface area contributed by atoms with Crippen LogP contribution in [0.25, 0.3) is 0 Å². The maximum atomic E-state index is 12.1. The van der Waals surface area contributed by atoms with Gasteiger partial charge in [0.05, 0.1) is 17.4 Å². The highest BCUT2D eigenvalue weighted by Crippen LogP contribution is 2.58. The minimum Gasteiger partial charge on any atom is -0.507 e. The largest absolute Gasteiger partial charge is 0.507 e. The van der Waals surface area contributed by atoms with Crippen LogP contribution in [-0.4, -0.2) is 27.9 Å². The summed E-state index contributed by atoms with van der Waals surface area (Å²) in [6.45, 7) is 4.79. The number of phenolic OH excluding ortho intramolecular Hbond substituents is 1. The SMILES string of the molecule is CC(=O)c1ccc(NC(=O)[C@H]2[C@@H](C(=O)O)C2(C)C)cc1O. The zero-order valence-corrected chi connectivity index (χ0v) is 12.0. The summed E-state index contributed by atoms with van der Waals surface area (Å²) in [5.41, 5.74) is -0.0883. The number of nitrogens with one attached hydrogen (secondary N) is 1. The number of phenols is 1. The highest BCUT2D eigenvalue weighted by Gasteiger charge is 2.65. The number of aliphatic carboxylic acids is 1. The third kappa shape index (κ3) is 2.61. The zero-order chi connectivity index (χ0) is 15.9. The van der Waals surface area contributed by atoms with Gasteiger partial charge in [-0.25, -0.2) is 0 Å². The van der Waals surface area contributed by atoms with Crippen molar-refractivity contribution in [3.63, 3.8) is 0 Å². The van der Waals surface area contributed by atoms with Gasteiger partial charge < -0.3 is 15.5 Å². The van der Waals surface area contributed by atoms with Crippen molar-refractivity contribution in [3.8, 4) is 5.75 Å². The van der Waals surface area contributed by atoms with E-state index in [1.165, 1.54) is 25.1 Å². The van der Waals surface area contributed by atoms with Crippen LogP contribution in [0.1, 0.15) is 31.1 Å². The Balaban J connectivity index is 2.13. The standard InChI is InChI=1S/C15H17NO5/c1-7(17)9-5-4-8(6-10(9)18)16-13(19)11-12(14(20)21)15(11,2)3/h4-6,11-12,18H,1-3H3,(H,16,19)(H,20,21)/t11-,12+/m1/s1. The Bertz CT molecular complexity index is 635. The minimum absolute atomic E-state index is 0.170. The van der Waals surface area contributed by atoms with Gasteiger partial charge >= 0.3 is 5.97 Å². The lowest BCUT2D eigenvalue weighted by atomic mass is 10.1. The maximum absolute atomic E-state index is 12.1. The molecule has 1 aliphatic rings. The van der Waals surface area contributed by atoms with Crippen molar-refractivity contribution in [1.82, 2.24) is 0 Å². The van der Waals surface area contributed by atoms with Crippen LogP contribution in [0.5, 0.6) is 5.75 Å². The number of benzene rings is 1. The summed E-state index contributed by atoms with van der Waals surface area (Å²) in [4.78, 5) is 34.4. The Labute approximate surface area is 121 Å². The van der Waals surface area contributed by atoms with E-state index in [9.17, 15) is 19.5 Å². The van der Waals surface area contributed by atoms with Crippen LogP contribution in [0.4, 0.5) is 5.69 Å². The van der Waals surface area contributed by atoms with Gasteiger partial charge in [0.2, 0.25) is 5.91 Å². The molecule has 1 aromatic rings. The first-order valence-corrected chi connectivity index (χ1v) is 6.54. The van der Waals surface area contributed by atoms with E-state index in [1.54, 1.807) is 13.8 Å². The quantitative estimate of drug-likeness (QED) is 0.735. The van der Waals surface area contributed by atoms with Gasteiger partial charge in [-0.05, 0) is 24.5 Å². The van der Waals surface area contributed by atoms with E-state index >= 15 is 0 Å². The van der Waals surface area contributed by atoms with E-state index in [2.05, 4.69) is 5.32 Å². The van der Waals surface area contributed by atoms with Crippen molar-refractivity contribution in [2.24, 2.45) is 17.3 Å². The number of aromatic hydroxyl groups is 1. The number of hydrogen-bond acceptors (Lipinski definition) is 4. The highest BCUT2D eigenvalue weighted by atomic mass is 16.4. The smallest absolute Gasteiger partial charge is 0.307 e. The second-order valence-corrected chi connectivity index (χ2v) is 5.89. The zero-order valence-electron chi connectivity index (χ0n) is 12.0. The van der Waals surface area contributed by atoms with Crippen molar-refractivity contribution in [2.75, 3.05) is 5.32 Å². The molecule has 21 heavy (non-hydrogen) atoms. The Morgan fingerprint density at radius 1 is 1.19 bits per heavy atom. The summed E-state index contributed by atoms with van der Waals surface area (Å²) in [7, 11) is 0. The van der Waals surface area contributed by atoms with E-state index in [1.807, 2.05) is 0 Å². The molecule has 1 saturated carbocycles. The van der Waals surface area contributed by atoms with Gasteiger partial charge in [0.25, 0.3) is 0 Å². The average Bonchev–Trinajstić information content (AvgIpc) is 2.92. The van der Waals surface area contributed by atoms with Crippen molar-refractivity contribution >= 4 is 23.3 Å². The molecule has 0 radical (unpaired) electrons. The molecule has 0 bridgehead atoms. The van der Waals surface area contributed by atoms with Gasteiger partial charge in [-0.1, -0.05) is 13.8 Å². The van der Waals surface area contributed by atoms with Crippen molar-refractivity contribution in [2.45, 2.75) is 20.8 Å². The van der Waals surface area contributed by atoms with Crippen LogP contribution >= 0.6 is 0 Å². The number of carbonyl (C=O) groups is 3. The number of carboxylic acid groups (broad SMARTS) is 1. The lowest BCUT2D eigenvalue weighted by Crippen LogP contribution is -2.17. The Kier molecular flexibility index (Phi) is 3.49. The topological polar surface area (TPSA) is 104 Å². The summed E-state index contributed by atoms with van der Waals surface area (Å²) >= 11 is 0. The van der Waals surface area contributed by atoms with Gasteiger partial charge in [-0.2, -0.15) is 0 Å². The number of rotatable bonds is 4. The monoisotopic (exact) mass is 291 g/mol. The van der Waals surface area contributed by atoms with Crippen molar-refractivity contribution < 1.29 is 24.6 Å². The first-order chi connectivity index (χ1) is 9.66. The summed E-state index contributed by atoms with van der Waals surface area (Å²) in [5, 5.41) is 21.3. The summed E-state index contributed by atoms with van der Waals surface area (Å²) in [6, 6.07) is 4.19. The molecule has 3 N–H and O–H groups in total. The molecule has 0 unspecified atom stereocenters. The number of carbonyl (C=O) groups excluding carboxylic acids is 2. The summed E-state index contributed by atoms with van der Waals surface area (Å²) < 4.78 is 0. The molecule has 1 amide bonds. The van der Waals surface area contributed by atoms with Gasteiger partial charge in [-0.3, -0.25) is 14.4 Å². The van der Waals surface area contributed by atoms with Crippen LogP contribution in [0.3, 0.4) is 0 Å². The fourth-order valence-corrected chi connectivity index (χ4v) is 2.72. The van der Waals surface area contributed by atoms with E-state index in [-0.39, 0.29) is 17.1 Å². The first kappa shape index (κ1) is 15.0. The second kappa shape index (κ2) is 4.87. The molecule has 0 spiro atoms. The lowest BCUT2D eigenvalue weighted by molar-refractivity contribution is -0.140. The molecule has 1 aromatic carbocycles. The van der Waals surface area contributed by atoms with Gasteiger partial charge in [0.15, 0.2) is 5.78 Å². The van der Waals surface area contributed by atoms with Crippen LogP contribution in [0.2, 0.25) is 0 Å². The first-order valence-electron chi connectivity index (χ1n) is 6.54. The molecule has 6 heteroatoms. The number of anilines is 1. The molecule has 1 aliphatic carbocycles. The maximum Gasteiger partial charge on any atom is 0.307 e. The van der Waals surface area contributed by atoms with Gasteiger partial charge in [-0.15, -0.1) is 0 Å². The average molecular weight is 291 g/mol. The number of amides is 1. The Hall–Kier alpha value is -2.37. The van der Waals surface area contributed by atoms with Gasteiger partial charge in [0, 0.05) is 11.8 Å². The number of hydrogen-bond donors (Lipinski definition) is 3. The molecule has 0 heterocycles. The highest BCUT2D eigenvalue weighted by molar-refractivity contribution is 6.01. The van der Waals surface area contributed by atoms with Gasteiger partial charge in [0.1, 0.15) is 5.75 Å². The molecular weight excluding hydrogens is 274 g/mol. The summed E-state index contributed by atoms with van der Waals surface area (Å²) in [5.74, 6) is -3.20. The number of Topliss-reactive ketones (excluding diaryl/α,β-unsaturated/α-hetero) is 1. The van der Waals surface area contributed by atoms with E-state index in [0.717, 1.165) is 0 Å². The predicted octanol–water partition coefficient (Wildman–Crippen LogP) is 1.89. The van der Waals surface area contributed by atoms with E-state index in [4.69, 9.17) is 5.11 Å². The molecule has 1 fully saturated rings. The summed E-state index contributed by atoms with van der Waals surface area (Å²) in [6.07, 6.45) is 0. The van der Waals surface area contributed by atoms with Crippen LogP contribution < -0.4 is 5.32 Å². The van der Waals surface area contributed by atoms with Crippen LogP contribution in [-0.2, 0) is 9.59 Å². The van der Waals surface area contributed by atoms with E-state index < -0.39 is 29.1 Å². The molecule has 0 aliphatic heterocycles. The third-order valence-corrected chi connectivity index (χ3v) is 4.02. The van der Waals surface area contributed by atoms with Crippen LogP contribution in [0.15, 0.2) is 18.2 Å². The van der Waals surface area contributed by atoms with Crippen molar-refractivity contribution in [1.29, 1.82) is 0 Å². The van der Waals surface area contributed by atoms with E-state index in [0.29, 0.717) is 5.69 Å². The fraction of sp³-hybridized carbons (Fsp3) is 0.400. The predicted molar refractivity (Wildman–Crippen MR) is 75.1 cm³/mol. The third-order valence-electron chi connectivity index (χ3n) is 4.02. The number of carboxylic acids is 1. The minimum atomic E-state index is -0.991. The second-order valence-electron chi connectivity index (χ2n) is 5.89. The number of ketones is 1. The molecule has 6 nitrogen and oxygen atoms in total. The molecule has 0 saturated heterocycles. The molecule has 2 atom stereocenters. The Morgan fingerprint density at radius 2 is 1.81 bits per heavy atom.